The molecular formula is C16H19F4NO2. The van der Waals surface area contributed by atoms with Crippen molar-refractivity contribution in [3.05, 3.63) is 35.1 Å². The van der Waals surface area contributed by atoms with E-state index in [0.29, 0.717) is 19.3 Å². The van der Waals surface area contributed by atoms with Gasteiger partial charge in [0, 0.05) is 25.8 Å². The van der Waals surface area contributed by atoms with Crippen LogP contribution in [0, 0.1) is 5.82 Å². The molecule has 0 aromatic heterocycles. The Morgan fingerprint density at radius 3 is 2.52 bits per heavy atom. The second-order valence-electron chi connectivity index (χ2n) is 5.69. The molecule has 0 radical (unpaired) electrons. The molecule has 1 atom stereocenters. The minimum Gasteiger partial charge on any atom is -0.381 e. The predicted molar refractivity (Wildman–Crippen MR) is 76.7 cm³/mol. The van der Waals surface area contributed by atoms with E-state index in [-0.39, 0.29) is 23.9 Å². The van der Waals surface area contributed by atoms with Gasteiger partial charge in [-0.25, -0.2) is 4.39 Å². The molecule has 23 heavy (non-hydrogen) atoms. The van der Waals surface area contributed by atoms with Crippen LogP contribution in [0.15, 0.2) is 18.2 Å². The first-order valence-corrected chi connectivity index (χ1v) is 7.47. The number of ether oxygens (including phenoxy) is 1. The molecule has 0 amide bonds. The van der Waals surface area contributed by atoms with Gasteiger partial charge in [0.05, 0.1) is 11.5 Å². The van der Waals surface area contributed by atoms with Crippen molar-refractivity contribution in [2.24, 2.45) is 0 Å². The number of hydrogen-bond acceptors (Lipinski definition) is 3. The van der Waals surface area contributed by atoms with E-state index in [9.17, 15) is 22.4 Å². The summed E-state index contributed by atoms with van der Waals surface area (Å²) < 4.78 is 57.1. The fourth-order valence-corrected chi connectivity index (χ4v) is 2.64. The van der Waals surface area contributed by atoms with Crippen LogP contribution >= 0.6 is 0 Å². The first-order valence-electron chi connectivity index (χ1n) is 7.47. The molecule has 3 nitrogen and oxygen atoms in total. The second kappa shape index (κ2) is 7.40. The maximum absolute atomic E-state index is 14.1. The van der Waals surface area contributed by atoms with E-state index >= 15 is 0 Å². The van der Waals surface area contributed by atoms with Gasteiger partial charge >= 0.3 is 6.18 Å². The molecule has 0 saturated carbocycles. The maximum Gasteiger partial charge on any atom is 0.416 e. The molecule has 0 unspecified atom stereocenters. The normalized spacial score (nSPS) is 18.0. The molecular weight excluding hydrogens is 314 g/mol. The molecule has 128 valence electrons. The number of alkyl halides is 3. The number of halogens is 4. The first-order chi connectivity index (χ1) is 10.8. The van der Waals surface area contributed by atoms with Crippen molar-refractivity contribution in [1.82, 2.24) is 5.32 Å². The lowest BCUT2D eigenvalue weighted by atomic mass is 9.93. The van der Waals surface area contributed by atoms with Crippen LogP contribution in [0.25, 0.3) is 0 Å². The molecule has 1 saturated heterocycles. The number of ketones is 1. The van der Waals surface area contributed by atoms with Gasteiger partial charge in [0.2, 0.25) is 0 Å². The van der Waals surface area contributed by atoms with Crippen molar-refractivity contribution in [3.63, 3.8) is 0 Å². The average Bonchev–Trinajstić information content (AvgIpc) is 2.48. The fourth-order valence-electron chi connectivity index (χ4n) is 2.64. The highest BCUT2D eigenvalue weighted by Crippen LogP contribution is 2.32. The van der Waals surface area contributed by atoms with E-state index in [4.69, 9.17) is 4.74 Å². The molecule has 1 heterocycles. The van der Waals surface area contributed by atoms with Crippen molar-refractivity contribution >= 4 is 5.78 Å². The van der Waals surface area contributed by atoms with Gasteiger partial charge in [-0.1, -0.05) is 6.07 Å². The molecule has 1 fully saturated rings. The molecule has 1 aromatic rings. The van der Waals surface area contributed by atoms with Crippen molar-refractivity contribution in [2.75, 3.05) is 19.8 Å². The standard InChI is InChI=1S/C16H19F4NO2/c1-10(22)14(9-21-12-4-6-23-7-5-12)13-3-2-11(8-15(13)17)16(18,19)20/h2-3,8,12,14,21H,4-7,9H2,1H3/t14-/m0/s1. The Bertz CT molecular complexity index is 554. The molecule has 2 rings (SSSR count). The van der Waals surface area contributed by atoms with Crippen molar-refractivity contribution in [2.45, 2.75) is 37.9 Å². The number of nitrogens with one attached hydrogen (secondary N) is 1. The van der Waals surface area contributed by atoms with Crippen LogP contribution in [-0.2, 0) is 15.7 Å². The highest BCUT2D eigenvalue weighted by Gasteiger charge is 2.32. The lowest BCUT2D eigenvalue weighted by Crippen LogP contribution is -2.38. The molecule has 1 aromatic carbocycles. The lowest BCUT2D eigenvalue weighted by molar-refractivity contribution is -0.137. The van der Waals surface area contributed by atoms with Crippen LogP contribution in [-0.4, -0.2) is 31.6 Å². The zero-order valence-electron chi connectivity index (χ0n) is 12.8. The van der Waals surface area contributed by atoms with Crippen LogP contribution < -0.4 is 5.32 Å². The second-order valence-corrected chi connectivity index (χ2v) is 5.69. The Labute approximate surface area is 132 Å². The molecule has 0 spiro atoms. The minimum absolute atomic E-state index is 0.00920. The monoisotopic (exact) mass is 333 g/mol. The summed E-state index contributed by atoms with van der Waals surface area (Å²) in [7, 11) is 0. The van der Waals surface area contributed by atoms with Crippen LogP contribution in [0.3, 0.4) is 0 Å². The molecule has 1 aliphatic rings. The van der Waals surface area contributed by atoms with Crippen LogP contribution in [0.1, 0.15) is 36.8 Å². The Morgan fingerprint density at radius 1 is 1.35 bits per heavy atom. The minimum atomic E-state index is -4.61. The van der Waals surface area contributed by atoms with Gasteiger partial charge < -0.3 is 10.1 Å². The SMILES string of the molecule is CC(=O)[C@H](CNC1CCOCC1)c1ccc(C(F)(F)F)cc1F. The number of hydrogen-bond donors (Lipinski definition) is 1. The molecule has 1 aliphatic heterocycles. The number of Topliss-reactive ketones (excluding diaryl/α,β-unsaturated/α-hetero) is 1. The van der Waals surface area contributed by atoms with Gasteiger partial charge in [0.1, 0.15) is 11.6 Å². The van der Waals surface area contributed by atoms with Gasteiger partial charge in [0.15, 0.2) is 0 Å². The summed E-state index contributed by atoms with van der Waals surface area (Å²) >= 11 is 0. The summed E-state index contributed by atoms with van der Waals surface area (Å²) in [6.45, 7) is 2.75. The van der Waals surface area contributed by atoms with Crippen molar-refractivity contribution in [1.29, 1.82) is 0 Å². The van der Waals surface area contributed by atoms with E-state index in [1.54, 1.807) is 0 Å². The molecule has 0 bridgehead atoms. The maximum atomic E-state index is 14.1. The topological polar surface area (TPSA) is 38.3 Å². The molecule has 0 aliphatic carbocycles. The highest BCUT2D eigenvalue weighted by atomic mass is 19.4. The zero-order chi connectivity index (χ0) is 17.0. The smallest absolute Gasteiger partial charge is 0.381 e. The van der Waals surface area contributed by atoms with Gasteiger partial charge in [-0.05, 0) is 37.5 Å². The third-order valence-corrected chi connectivity index (χ3v) is 4.03. The lowest BCUT2D eigenvalue weighted by Gasteiger charge is -2.25. The Balaban J connectivity index is 2.12. The fraction of sp³-hybridized carbons (Fsp3) is 0.562. The van der Waals surface area contributed by atoms with Crippen molar-refractivity contribution < 1.29 is 27.1 Å². The average molecular weight is 333 g/mol. The van der Waals surface area contributed by atoms with Gasteiger partial charge in [-0.3, -0.25) is 4.79 Å². The van der Waals surface area contributed by atoms with E-state index in [1.165, 1.54) is 6.92 Å². The number of benzene rings is 1. The Hall–Kier alpha value is -1.47. The van der Waals surface area contributed by atoms with Crippen LogP contribution in [0.2, 0.25) is 0 Å². The third-order valence-electron chi connectivity index (χ3n) is 4.03. The Kier molecular flexibility index (Phi) is 5.75. The van der Waals surface area contributed by atoms with E-state index < -0.39 is 23.5 Å². The van der Waals surface area contributed by atoms with Crippen LogP contribution in [0.4, 0.5) is 17.6 Å². The summed E-state index contributed by atoms with van der Waals surface area (Å²) in [6.07, 6.45) is -3.02. The Morgan fingerprint density at radius 2 is 2.00 bits per heavy atom. The zero-order valence-corrected chi connectivity index (χ0v) is 12.8. The predicted octanol–water partition coefficient (Wildman–Crippen LogP) is 3.29. The van der Waals surface area contributed by atoms with Gasteiger partial charge in [-0.2, -0.15) is 13.2 Å². The highest BCUT2D eigenvalue weighted by molar-refractivity contribution is 5.83. The number of carbonyl (C=O) groups excluding carboxylic acids is 1. The summed E-state index contributed by atoms with van der Waals surface area (Å²) in [5, 5.41) is 3.18. The molecule has 1 N–H and O–H groups in total. The van der Waals surface area contributed by atoms with Crippen LogP contribution in [0.5, 0.6) is 0 Å². The molecule has 7 heteroatoms. The third kappa shape index (κ3) is 4.75. The number of carbonyl (C=O) groups is 1. The quantitative estimate of drug-likeness (QED) is 0.841. The van der Waals surface area contributed by atoms with Gasteiger partial charge in [0.25, 0.3) is 0 Å². The van der Waals surface area contributed by atoms with E-state index in [0.717, 1.165) is 25.0 Å². The number of rotatable bonds is 5. The first kappa shape index (κ1) is 17.9. The summed E-state index contributed by atoms with van der Waals surface area (Å²) in [4.78, 5) is 11.8. The van der Waals surface area contributed by atoms with E-state index in [2.05, 4.69) is 5.32 Å². The van der Waals surface area contributed by atoms with E-state index in [1.807, 2.05) is 0 Å². The summed E-state index contributed by atoms with van der Waals surface area (Å²) in [6, 6.07) is 2.47. The largest absolute Gasteiger partial charge is 0.416 e. The van der Waals surface area contributed by atoms with Crippen molar-refractivity contribution in [3.8, 4) is 0 Å². The summed E-state index contributed by atoms with van der Waals surface area (Å²) in [5.41, 5.74) is -1.07. The summed E-state index contributed by atoms with van der Waals surface area (Å²) in [5.74, 6) is -2.10. The van der Waals surface area contributed by atoms with Gasteiger partial charge in [-0.15, -0.1) is 0 Å².